The molecule has 0 amide bonds. The SMILES string of the molecule is CN(Cc1nc2c3ccccc3[nH]c(=O)n2n1)S(=O)(=O)c1ccc(Cl)cc1. The van der Waals surface area contributed by atoms with E-state index in [1.807, 2.05) is 12.1 Å². The highest BCUT2D eigenvalue weighted by Gasteiger charge is 2.23. The fourth-order valence-corrected chi connectivity index (χ4v) is 4.01. The molecule has 0 unspecified atom stereocenters. The van der Waals surface area contributed by atoms with Crippen molar-refractivity contribution < 1.29 is 8.42 Å². The topological polar surface area (TPSA) is 100 Å². The van der Waals surface area contributed by atoms with E-state index in [0.717, 1.165) is 14.2 Å². The molecule has 0 aliphatic rings. The largest absolute Gasteiger partial charge is 0.348 e. The van der Waals surface area contributed by atoms with Crippen LogP contribution in [0.5, 0.6) is 0 Å². The van der Waals surface area contributed by atoms with E-state index in [1.54, 1.807) is 12.1 Å². The normalized spacial score (nSPS) is 12.3. The molecule has 0 saturated carbocycles. The van der Waals surface area contributed by atoms with E-state index in [1.165, 1.54) is 31.3 Å². The average molecular weight is 404 g/mol. The van der Waals surface area contributed by atoms with E-state index in [4.69, 9.17) is 11.6 Å². The lowest BCUT2D eigenvalue weighted by Crippen LogP contribution is -2.27. The second kappa shape index (κ2) is 6.45. The van der Waals surface area contributed by atoms with Crippen LogP contribution in [0.2, 0.25) is 5.02 Å². The Kier molecular flexibility index (Phi) is 4.22. The molecule has 2 heterocycles. The van der Waals surface area contributed by atoms with Crippen molar-refractivity contribution >= 4 is 38.2 Å². The van der Waals surface area contributed by atoms with Gasteiger partial charge in [0, 0.05) is 17.5 Å². The van der Waals surface area contributed by atoms with E-state index >= 15 is 0 Å². The standard InChI is InChI=1S/C17H14ClN5O3S/c1-22(27(25,26)12-8-6-11(18)7-9-12)10-15-20-16-13-4-2-3-5-14(13)19-17(24)23(16)21-15/h2-9H,10H2,1H3,(H,19,24). The quantitative estimate of drug-likeness (QED) is 0.562. The molecular formula is C17H14ClN5O3S. The fourth-order valence-electron chi connectivity index (χ4n) is 2.76. The third-order valence-corrected chi connectivity index (χ3v) is 6.21. The summed E-state index contributed by atoms with van der Waals surface area (Å²) in [6.07, 6.45) is 0. The van der Waals surface area contributed by atoms with Crippen molar-refractivity contribution in [3.8, 4) is 0 Å². The van der Waals surface area contributed by atoms with Gasteiger partial charge in [-0.25, -0.2) is 18.2 Å². The molecule has 2 aromatic carbocycles. The zero-order valence-corrected chi connectivity index (χ0v) is 15.7. The Bertz CT molecular complexity index is 1310. The summed E-state index contributed by atoms with van der Waals surface area (Å²) in [6, 6.07) is 13.1. The van der Waals surface area contributed by atoms with Crippen LogP contribution in [0.1, 0.15) is 5.82 Å². The van der Waals surface area contributed by atoms with Gasteiger partial charge >= 0.3 is 5.69 Å². The van der Waals surface area contributed by atoms with Crippen molar-refractivity contribution in [2.45, 2.75) is 11.4 Å². The van der Waals surface area contributed by atoms with Crippen LogP contribution in [0, 0.1) is 0 Å². The molecule has 27 heavy (non-hydrogen) atoms. The molecule has 0 bridgehead atoms. The molecule has 0 atom stereocenters. The summed E-state index contributed by atoms with van der Waals surface area (Å²) in [5.41, 5.74) is 0.573. The smallest absolute Gasteiger partial charge is 0.305 e. The van der Waals surface area contributed by atoms with E-state index in [-0.39, 0.29) is 17.3 Å². The molecule has 0 spiro atoms. The third-order valence-electron chi connectivity index (χ3n) is 4.14. The van der Waals surface area contributed by atoms with Crippen LogP contribution >= 0.6 is 11.6 Å². The number of aromatic nitrogens is 4. The number of rotatable bonds is 4. The molecule has 4 rings (SSSR count). The van der Waals surface area contributed by atoms with Crippen molar-refractivity contribution in [1.82, 2.24) is 23.9 Å². The number of halogens is 1. The van der Waals surface area contributed by atoms with Gasteiger partial charge in [-0.15, -0.1) is 5.10 Å². The monoisotopic (exact) mass is 403 g/mol. The Balaban J connectivity index is 1.73. The van der Waals surface area contributed by atoms with Gasteiger partial charge in [-0.3, -0.25) is 0 Å². The predicted octanol–water partition coefficient (Wildman–Crippen LogP) is 2.04. The molecule has 4 aromatic rings. The second-order valence-corrected chi connectivity index (χ2v) is 8.44. The highest BCUT2D eigenvalue weighted by Crippen LogP contribution is 2.19. The Labute approximate surface area is 159 Å². The first kappa shape index (κ1) is 17.7. The summed E-state index contributed by atoms with van der Waals surface area (Å²) in [7, 11) is -2.32. The number of nitrogens with zero attached hydrogens (tertiary/aromatic N) is 4. The van der Waals surface area contributed by atoms with Crippen LogP contribution in [-0.4, -0.2) is 39.4 Å². The van der Waals surface area contributed by atoms with Crippen LogP contribution < -0.4 is 5.69 Å². The number of nitrogens with one attached hydrogen (secondary N) is 1. The molecule has 138 valence electrons. The lowest BCUT2D eigenvalue weighted by Gasteiger charge is -2.15. The lowest BCUT2D eigenvalue weighted by molar-refractivity contribution is 0.456. The summed E-state index contributed by atoms with van der Waals surface area (Å²) in [6.45, 7) is -0.0829. The molecule has 0 saturated heterocycles. The van der Waals surface area contributed by atoms with Gasteiger partial charge in [0.05, 0.1) is 17.0 Å². The number of hydrogen-bond acceptors (Lipinski definition) is 5. The minimum Gasteiger partial charge on any atom is -0.305 e. The number of para-hydroxylation sites is 1. The van der Waals surface area contributed by atoms with Crippen LogP contribution in [0.25, 0.3) is 16.6 Å². The molecule has 0 aliphatic heterocycles. The summed E-state index contributed by atoms with van der Waals surface area (Å²) < 4.78 is 27.7. The second-order valence-electron chi connectivity index (χ2n) is 5.95. The highest BCUT2D eigenvalue weighted by atomic mass is 35.5. The summed E-state index contributed by atoms with van der Waals surface area (Å²) in [5, 5.41) is 5.33. The highest BCUT2D eigenvalue weighted by molar-refractivity contribution is 7.89. The Hall–Kier alpha value is -2.75. The minimum atomic E-state index is -3.74. The van der Waals surface area contributed by atoms with Gasteiger partial charge in [0.25, 0.3) is 0 Å². The van der Waals surface area contributed by atoms with Gasteiger partial charge < -0.3 is 4.98 Å². The van der Waals surface area contributed by atoms with Gasteiger partial charge in [-0.2, -0.15) is 8.82 Å². The maximum atomic E-state index is 12.7. The van der Waals surface area contributed by atoms with E-state index in [9.17, 15) is 13.2 Å². The molecule has 0 radical (unpaired) electrons. The van der Waals surface area contributed by atoms with E-state index in [2.05, 4.69) is 15.1 Å². The summed E-state index contributed by atoms with van der Waals surface area (Å²) in [5.74, 6) is 0.219. The fraction of sp³-hybridized carbons (Fsp3) is 0.118. The van der Waals surface area contributed by atoms with Crippen LogP contribution in [-0.2, 0) is 16.6 Å². The maximum Gasteiger partial charge on any atom is 0.348 e. The van der Waals surface area contributed by atoms with Gasteiger partial charge in [-0.05, 0) is 36.4 Å². The Morgan fingerprint density at radius 2 is 1.85 bits per heavy atom. The Morgan fingerprint density at radius 1 is 1.15 bits per heavy atom. The van der Waals surface area contributed by atoms with Crippen molar-refractivity contribution in [2.24, 2.45) is 0 Å². The third kappa shape index (κ3) is 3.09. The van der Waals surface area contributed by atoms with Gasteiger partial charge in [0.15, 0.2) is 11.5 Å². The van der Waals surface area contributed by atoms with Crippen molar-refractivity contribution in [3.05, 3.63) is 69.9 Å². The van der Waals surface area contributed by atoms with Gasteiger partial charge in [-0.1, -0.05) is 23.7 Å². The summed E-state index contributed by atoms with van der Waals surface area (Å²) in [4.78, 5) is 19.4. The number of hydrogen-bond donors (Lipinski definition) is 1. The lowest BCUT2D eigenvalue weighted by atomic mass is 10.2. The average Bonchev–Trinajstić information content (AvgIpc) is 3.07. The molecule has 10 heteroatoms. The van der Waals surface area contributed by atoms with Gasteiger partial charge in [0.1, 0.15) is 0 Å². The Morgan fingerprint density at radius 3 is 2.59 bits per heavy atom. The van der Waals surface area contributed by atoms with Crippen LogP contribution in [0.4, 0.5) is 0 Å². The molecular weight excluding hydrogens is 390 g/mol. The first-order valence-corrected chi connectivity index (χ1v) is 9.76. The van der Waals surface area contributed by atoms with Crippen molar-refractivity contribution in [3.63, 3.8) is 0 Å². The molecule has 8 nitrogen and oxygen atoms in total. The van der Waals surface area contributed by atoms with E-state index < -0.39 is 15.7 Å². The van der Waals surface area contributed by atoms with Crippen molar-refractivity contribution in [1.29, 1.82) is 0 Å². The molecule has 1 N–H and O–H groups in total. The number of aromatic amines is 1. The number of benzene rings is 2. The first-order chi connectivity index (χ1) is 12.9. The molecule has 0 fully saturated rings. The number of fused-ring (bicyclic) bond motifs is 3. The van der Waals surface area contributed by atoms with E-state index in [0.29, 0.717) is 16.2 Å². The van der Waals surface area contributed by atoms with Crippen LogP contribution in [0.3, 0.4) is 0 Å². The molecule has 2 aromatic heterocycles. The van der Waals surface area contributed by atoms with Gasteiger partial charge in [0.2, 0.25) is 10.0 Å². The zero-order chi connectivity index (χ0) is 19.2. The van der Waals surface area contributed by atoms with Crippen LogP contribution in [0.15, 0.2) is 58.2 Å². The summed E-state index contributed by atoms with van der Waals surface area (Å²) >= 11 is 5.82. The minimum absolute atomic E-state index is 0.0829. The first-order valence-electron chi connectivity index (χ1n) is 7.95. The zero-order valence-electron chi connectivity index (χ0n) is 14.1. The number of sulfonamides is 1. The van der Waals surface area contributed by atoms with Crippen molar-refractivity contribution in [2.75, 3.05) is 7.05 Å². The number of H-pyrrole nitrogens is 1. The predicted molar refractivity (Wildman–Crippen MR) is 101 cm³/mol. The maximum absolute atomic E-state index is 12.7. The molecule has 0 aliphatic carbocycles.